The minimum absolute atomic E-state index is 0.0526. The van der Waals surface area contributed by atoms with E-state index < -0.39 is 0 Å². The highest BCUT2D eigenvalue weighted by atomic mass is 35.5. The van der Waals surface area contributed by atoms with Gasteiger partial charge in [-0.25, -0.2) is 4.98 Å². The molecule has 0 atom stereocenters. The van der Waals surface area contributed by atoms with Crippen molar-refractivity contribution < 1.29 is 4.79 Å². The van der Waals surface area contributed by atoms with E-state index in [4.69, 9.17) is 11.6 Å². The number of likely N-dealkylation sites (N-methyl/N-ethyl adjacent to an activating group) is 1. The number of aromatic nitrogens is 2. The lowest BCUT2D eigenvalue weighted by Crippen LogP contribution is -2.20. The lowest BCUT2D eigenvalue weighted by atomic mass is 10.1. The topological polar surface area (TPSA) is 78.1 Å². The molecule has 0 unspecified atom stereocenters. The van der Waals surface area contributed by atoms with E-state index in [1.807, 2.05) is 18.2 Å². The Balaban J connectivity index is 1.60. The molecular formula is C18H15ClN4O2. The smallest absolute Gasteiger partial charge is 0.253 e. The first kappa shape index (κ1) is 15.7. The standard InChI is InChI=1S/C18H15ClN4O2/c1-23-15-7-16(20-8-11(15)6-17(23)24)21-9-12-4-10-5-13(19)2-3-14(10)22-18(12)25/h2-5,7-8H,6,9H2,1H3,(H,20,21)(H,22,25). The van der Waals surface area contributed by atoms with E-state index >= 15 is 0 Å². The molecule has 1 aromatic carbocycles. The molecule has 126 valence electrons. The molecule has 0 bridgehead atoms. The number of anilines is 2. The van der Waals surface area contributed by atoms with Crippen LogP contribution in [-0.4, -0.2) is 22.9 Å². The van der Waals surface area contributed by atoms with Gasteiger partial charge in [0.15, 0.2) is 0 Å². The Labute approximate surface area is 148 Å². The van der Waals surface area contributed by atoms with E-state index in [1.54, 1.807) is 30.3 Å². The lowest BCUT2D eigenvalue weighted by molar-refractivity contribution is -0.117. The monoisotopic (exact) mass is 354 g/mol. The zero-order chi connectivity index (χ0) is 17.6. The fourth-order valence-corrected chi connectivity index (χ4v) is 3.15. The summed E-state index contributed by atoms with van der Waals surface area (Å²) >= 11 is 6.01. The number of carbonyl (C=O) groups is 1. The first-order chi connectivity index (χ1) is 12.0. The Hall–Kier alpha value is -2.86. The van der Waals surface area contributed by atoms with Crippen LogP contribution in [0.2, 0.25) is 5.02 Å². The maximum atomic E-state index is 12.2. The zero-order valence-corrected chi connectivity index (χ0v) is 14.2. The predicted molar refractivity (Wildman–Crippen MR) is 98.3 cm³/mol. The van der Waals surface area contributed by atoms with Crippen LogP contribution in [0.5, 0.6) is 0 Å². The molecule has 1 aliphatic rings. The summed E-state index contributed by atoms with van der Waals surface area (Å²) < 4.78 is 0. The van der Waals surface area contributed by atoms with Crippen LogP contribution < -0.4 is 15.8 Å². The Morgan fingerprint density at radius 3 is 2.96 bits per heavy atom. The van der Waals surface area contributed by atoms with Crippen molar-refractivity contribution in [1.29, 1.82) is 0 Å². The second kappa shape index (κ2) is 5.89. The SMILES string of the molecule is CN1C(=O)Cc2cnc(NCc3cc4cc(Cl)ccc4[nH]c3=O)cc21. The van der Waals surface area contributed by atoms with Gasteiger partial charge in [-0.05, 0) is 24.3 Å². The molecular weight excluding hydrogens is 340 g/mol. The van der Waals surface area contributed by atoms with Gasteiger partial charge >= 0.3 is 0 Å². The number of benzene rings is 1. The highest BCUT2D eigenvalue weighted by Crippen LogP contribution is 2.28. The number of rotatable bonds is 3. The van der Waals surface area contributed by atoms with Gasteiger partial charge < -0.3 is 15.2 Å². The number of nitrogens with zero attached hydrogens (tertiary/aromatic N) is 2. The number of nitrogens with one attached hydrogen (secondary N) is 2. The third-order valence-corrected chi connectivity index (χ3v) is 4.62. The van der Waals surface area contributed by atoms with Gasteiger partial charge in [0.2, 0.25) is 5.91 Å². The average molecular weight is 355 g/mol. The normalized spacial score (nSPS) is 13.4. The number of pyridine rings is 2. The molecule has 2 aromatic heterocycles. The Morgan fingerprint density at radius 1 is 1.28 bits per heavy atom. The number of hydrogen-bond donors (Lipinski definition) is 2. The largest absolute Gasteiger partial charge is 0.366 e. The molecule has 1 aliphatic heterocycles. The van der Waals surface area contributed by atoms with Crippen molar-refractivity contribution in [3.63, 3.8) is 0 Å². The quantitative estimate of drug-likeness (QED) is 0.758. The molecule has 2 N–H and O–H groups in total. The van der Waals surface area contributed by atoms with Gasteiger partial charge in [-0.3, -0.25) is 9.59 Å². The van der Waals surface area contributed by atoms with Crippen LogP contribution in [0.3, 0.4) is 0 Å². The molecule has 4 rings (SSSR count). The molecule has 0 radical (unpaired) electrons. The van der Waals surface area contributed by atoms with Crippen molar-refractivity contribution in [2.45, 2.75) is 13.0 Å². The average Bonchev–Trinajstić information content (AvgIpc) is 2.87. The fraction of sp³-hybridized carbons (Fsp3) is 0.167. The summed E-state index contributed by atoms with van der Waals surface area (Å²) in [5.74, 6) is 0.669. The first-order valence-corrected chi connectivity index (χ1v) is 8.20. The van der Waals surface area contributed by atoms with Crippen LogP contribution in [0.25, 0.3) is 10.9 Å². The lowest BCUT2D eigenvalue weighted by Gasteiger charge is -2.12. The number of aromatic amines is 1. The van der Waals surface area contributed by atoms with Crippen LogP contribution in [0.1, 0.15) is 11.1 Å². The van der Waals surface area contributed by atoms with Crippen molar-refractivity contribution in [1.82, 2.24) is 9.97 Å². The molecule has 3 heterocycles. The van der Waals surface area contributed by atoms with Gasteiger partial charge in [0, 0.05) is 52.9 Å². The van der Waals surface area contributed by atoms with Gasteiger partial charge in [-0.15, -0.1) is 0 Å². The number of fused-ring (bicyclic) bond motifs is 2. The van der Waals surface area contributed by atoms with Crippen LogP contribution in [0.4, 0.5) is 11.5 Å². The molecule has 25 heavy (non-hydrogen) atoms. The summed E-state index contributed by atoms with van der Waals surface area (Å²) in [7, 11) is 1.75. The number of hydrogen-bond acceptors (Lipinski definition) is 4. The van der Waals surface area contributed by atoms with Crippen molar-refractivity contribution >= 4 is 39.9 Å². The minimum atomic E-state index is -0.157. The predicted octanol–water partition coefficient (Wildman–Crippen LogP) is 2.71. The molecule has 0 spiro atoms. The number of halogens is 1. The van der Waals surface area contributed by atoms with E-state index in [0.717, 1.165) is 22.2 Å². The molecule has 0 fully saturated rings. The molecule has 0 aliphatic carbocycles. The van der Waals surface area contributed by atoms with Crippen LogP contribution in [0, 0.1) is 0 Å². The maximum Gasteiger partial charge on any atom is 0.253 e. The summed E-state index contributed by atoms with van der Waals surface area (Å²) in [5.41, 5.74) is 2.93. The molecule has 1 amide bonds. The first-order valence-electron chi connectivity index (χ1n) is 7.82. The van der Waals surface area contributed by atoms with Crippen molar-refractivity contribution in [3.8, 4) is 0 Å². The Bertz CT molecular complexity index is 1060. The summed E-state index contributed by atoms with van der Waals surface area (Å²) in [6.45, 7) is 0.321. The van der Waals surface area contributed by atoms with Crippen LogP contribution >= 0.6 is 11.6 Å². The second-order valence-electron chi connectivity index (χ2n) is 6.04. The third-order valence-electron chi connectivity index (χ3n) is 4.38. The van der Waals surface area contributed by atoms with Crippen molar-refractivity contribution in [2.75, 3.05) is 17.3 Å². The second-order valence-corrected chi connectivity index (χ2v) is 6.47. The van der Waals surface area contributed by atoms with E-state index in [2.05, 4.69) is 15.3 Å². The molecule has 6 nitrogen and oxygen atoms in total. The van der Waals surface area contributed by atoms with Gasteiger partial charge in [0.05, 0.1) is 12.1 Å². The summed E-state index contributed by atoms with van der Waals surface area (Å²) in [6, 6.07) is 8.97. The number of amides is 1. The molecule has 3 aromatic rings. The summed E-state index contributed by atoms with van der Waals surface area (Å²) in [5, 5.41) is 4.63. The van der Waals surface area contributed by atoms with Crippen LogP contribution in [-0.2, 0) is 17.8 Å². The van der Waals surface area contributed by atoms with E-state index in [-0.39, 0.29) is 11.5 Å². The Kier molecular flexibility index (Phi) is 3.69. The van der Waals surface area contributed by atoms with E-state index in [0.29, 0.717) is 29.4 Å². The summed E-state index contributed by atoms with van der Waals surface area (Å²) in [6.07, 6.45) is 2.08. The highest BCUT2D eigenvalue weighted by molar-refractivity contribution is 6.31. The third kappa shape index (κ3) is 2.85. The van der Waals surface area contributed by atoms with Crippen LogP contribution in [0.15, 0.2) is 41.3 Å². The van der Waals surface area contributed by atoms with E-state index in [9.17, 15) is 9.59 Å². The van der Waals surface area contributed by atoms with Gasteiger partial charge in [-0.2, -0.15) is 0 Å². The number of H-pyrrole nitrogens is 1. The summed E-state index contributed by atoms with van der Waals surface area (Å²) in [4.78, 5) is 32.7. The van der Waals surface area contributed by atoms with Gasteiger partial charge in [-0.1, -0.05) is 11.6 Å². The van der Waals surface area contributed by atoms with Crippen molar-refractivity contribution in [3.05, 3.63) is 63.0 Å². The fourth-order valence-electron chi connectivity index (χ4n) is 2.97. The minimum Gasteiger partial charge on any atom is -0.366 e. The molecule has 0 saturated carbocycles. The molecule has 0 saturated heterocycles. The highest BCUT2D eigenvalue weighted by Gasteiger charge is 2.24. The van der Waals surface area contributed by atoms with Gasteiger partial charge in [0.25, 0.3) is 5.56 Å². The zero-order valence-electron chi connectivity index (χ0n) is 13.5. The Morgan fingerprint density at radius 2 is 2.12 bits per heavy atom. The number of carbonyl (C=O) groups excluding carboxylic acids is 1. The van der Waals surface area contributed by atoms with Crippen molar-refractivity contribution in [2.24, 2.45) is 0 Å². The molecule has 7 heteroatoms. The van der Waals surface area contributed by atoms with E-state index in [1.165, 1.54) is 0 Å². The van der Waals surface area contributed by atoms with Gasteiger partial charge in [0.1, 0.15) is 5.82 Å². The maximum absolute atomic E-state index is 12.2.